The summed E-state index contributed by atoms with van der Waals surface area (Å²) in [6.07, 6.45) is 2.66. The average molecular weight is 663 g/mol. The fourth-order valence-electron chi connectivity index (χ4n) is 6.50. The van der Waals surface area contributed by atoms with Crippen molar-refractivity contribution in [2.24, 2.45) is 38.2 Å². The fraction of sp³-hybridized carbons (Fsp3) is 0.400. The number of likely N-dealkylation sites (tertiary alicyclic amines) is 1. The van der Waals surface area contributed by atoms with Crippen LogP contribution in [0.3, 0.4) is 0 Å². The highest BCUT2D eigenvalue weighted by atomic mass is 35.5. The van der Waals surface area contributed by atoms with Crippen LogP contribution in [0.2, 0.25) is 0 Å². The standard InChI is InChI=1S/C30H39ClN14O2/c1-18-5-7-19(8-6-18)9-13-43-14-10-20-21(3-2-4-22(20)43)28(47)44-15-11-30(12-16-44)17-45(34)29(38-30)37-27(46)23-25(39-41-32)36-26(40-42-33)24(31)35-23/h2-8,10,14,23,25,29,35-36,38H,9,11-13,15-17,34H2,1H3,(H2,32,39)(H2,33,40)(H,37,46). The number of halogens is 1. The Morgan fingerprint density at radius 1 is 1.06 bits per heavy atom. The van der Waals surface area contributed by atoms with Gasteiger partial charge in [-0.25, -0.2) is 5.01 Å². The van der Waals surface area contributed by atoms with Gasteiger partial charge in [0.05, 0.1) is 0 Å². The third-order valence-corrected chi connectivity index (χ3v) is 9.36. The number of fused-ring (bicyclic) bond motifs is 1. The first-order valence-corrected chi connectivity index (χ1v) is 15.7. The first-order chi connectivity index (χ1) is 22.7. The van der Waals surface area contributed by atoms with Gasteiger partial charge in [0, 0.05) is 54.4 Å². The van der Waals surface area contributed by atoms with Crippen LogP contribution in [-0.4, -0.2) is 70.0 Å². The van der Waals surface area contributed by atoms with Crippen molar-refractivity contribution in [3.05, 3.63) is 82.4 Å². The van der Waals surface area contributed by atoms with Gasteiger partial charge in [-0.15, -0.1) is 10.2 Å². The van der Waals surface area contributed by atoms with Gasteiger partial charge < -0.3 is 37.1 Å². The van der Waals surface area contributed by atoms with E-state index >= 15 is 0 Å². The molecule has 3 atom stereocenters. The lowest BCUT2D eigenvalue weighted by Crippen LogP contribution is -2.63. The maximum absolute atomic E-state index is 13.8. The smallest absolute Gasteiger partial charge is 0.254 e. The highest BCUT2D eigenvalue weighted by molar-refractivity contribution is 6.29. The summed E-state index contributed by atoms with van der Waals surface area (Å²) in [5.41, 5.74) is 3.87. The molecule has 47 heavy (non-hydrogen) atoms. The number of carbonyl (C=O) groups is 2. The van der Waals surface area contributed by atoms with E-state index in [-0.39, 0.29) is 16.9 Å². The number of piperidine rings is 1. The number of nitrogens with two attached hydrogens (primary N) is 3. The molecule has 3 aliphatic heterocycles. The number of carbonyl (C=O) groups excluding carboxylic acids is 2. The van der Waals surface area contributed by atoms with E-state index in [1.54, 1.807) is 0 Å². The predicted octanol–water partition coefficient (Wildman–Crippen LogP) is 1.25. The van der Waals surface area contributed by atoms with Crippen LogP contribution in [0.25, 0.3) is 10.9 Å². The molecular weight excluding hydrogens is 624 g/mol. The van der Waals surface area contributed by atoms with E-state index in [4.69, 9.17) is 29.1 Å². The molecule has 1 spiro atoms. The molecule has 0 radical (unpaired) electrons. The number of benzene rings is 2. The molecule has 2 saturated heterocycles. The Balaban J connectivity index is 1.07. The number of rotatable bonds is 8. The van der Waals surface area contributed by atoms with Crippen molar-refractivity contribution in [2.45, 2.75) is 56.8 Å². The first-order valence-electron chi connectivity index (χ1n) is 15.4. The van der Waals surface area contributed by atoms with Crippen molar-refractivity contribution in [1.82, 2.24) is 35.7 Å². The van der Waals surface area contributed by atoms with Crippen molar-refractivity contribution >= 4 is 34.3 Å². The molecule has 0 aliphatic carbocycles. The van der Waals surface area contributed by atoms with Gasteiger partial charge in [-0.1, -0.05) is 57.9 Å². The Labute approximate surface area is 276 Å². The summed E-state index contributed by atoms with van der Waals surface area (Å²) in [5, 5.41) is 28.6. The average Bonchev–Trinajstić information content (AvgIpc) is 3.62. The second-order valence-corrected chi connectivity index (χ2v) is 12.5. The molecule has 17 heteroatoms. The minimum atomic E-state index is -0.988. The van der Waals surface area contributed by atoms with E-state index in [1.807, 2.05) is 23.1 Å². The molecular formula is C30H39ClN14O2. The quantitative estimate of drug-likeness (QED) is 0.0797. The number of aromatic nitrogens is 1. The van der Waals surface area contributed by atoms with Crippen LogP contribution in [0.5, 0.6) is 0 Å². The van der Waals surface area contributed by atoms with Gasteiger partial charge in [-0.2, -0.15) is 0 Å². The van der Waals surface area contributed by atoms with Gasteiger partial charge in [0.15, 0.2) is 12.0 Å². The summed E-state index contributed by atoms with van der Waals surface area (Å²) >= 11 is 6.21. The van der Waals surface area contributed by atoms with Crippen molar-refractivity contribution in [1.29, 1.82) is 0 Å². The Morgan fingerprint density at radius 3 is 2.55 bits per heavy atom. The van der Waals surface area contributed by atoms with E-state index < -0.39 is 29.9 Å². The summed E-state index contributed by atoms with van der Waals surface area (Å²) in [4.78, 5) is 29.0. The molecule has 16 nitrogen and oxygen atoms in total. The summed E-state index contributed by atoms with van der Waals surface area (Å²) in [6.45, 7) is 4.46. The number of hydrogen-bond donors (Lipinski definition) is 7. The number of hydrazine groups is 1. The van der Waals surface area contributed by atoms with E-state index in [1.165, 1.54) is 16.1 Å². The van der Waals surface area contributed by atoms with Gasteiger partial charge in [0.2, 0.25) is 5.91 Å². The summed E-state index contributed by atoms with van der Waals surface area (Å²) < 4.78 is 2.21. The Morgan fingerprint density at radius 2 is 1.83 bits per heavy atom. The van der Waals surface area contributed by atoms with E-state index in [0.29, 0.717) is 38.0 Å². The van der Waals surface area contributed by atoms with E-state index in [9.17, 15) is 9.59 Å². The van der Waals surface area contributed by atoms with Gasteiger partial charge in [0.25, 0.3) is 5.91 Å². The SMILES string of the molecule is Cc1ccc(CCn2ccc3c(C(=O)N4CCC5(CC4)CN(N)C(NC(=O)C4NC(Cl)=C(N=NN)NC4N=NN)N5)cccc32)cc1. The zero-order chi connectivity index (χ0) is 33.1. The number of nitrogens with zero attached hydrogens (tertiary/aromatic N) is 7. The molecule has 3 unspecified atom stereocenters. The molecule has 0 saturated carbocycles. The summed E-state index contributed by atoms with van der Waals surface area (Å²) in [7, 11) is 0. The maximum Gasteiger partial charge on any atom is 0.254 e. The van der Waals surface area contributed by atoms with Crippen LogP contribution in [0.4, 0.5) is 0 Å². The van der Waals surface area contributed by atoms with E-state index in [2.05, 4.69) is 90.0 Å². The third-order valence-electron chi connectivity index (χ3n) is 9.07. The molecule has 10 N–H and O–H groups in total. The minimum absolute atomic E-state index is 0.00337. The van der Waals surface area contributed by atoms with E-state index in [0.717, 1.165) is 23.9 Å². The maximum atomic E-state index is 13.8. The molecule has 3 aromatic rings. The topological polar surface area (TPSA) is 221 Å². The molecule has 4 heterocycles. The van der Waals surface area contributed by atoms with Crippen LogP contribution in [0.15, 0.2) is 86.4 Å². The molecule has 248 valence electrons. The van der Waals surface area contributed by atoms with Crippen molar-refractivity contribution in [3.63, 3.8) is 0 Å². The Kier molecular flexibility index (Phi) is 9.26. The molecule has 1 aromatic heterocycles. The number of hydrogen-bond acceptors (Lipinski definition) is 11. The van der Waals surface area contributed by atoms with Gasteiger partial charge in [-0.05, 0) is 49.9 Å². The number of amides is 2. The highest BCUT2D eigenvalue weighted by Gasteiger charge is 2.46. The van der Waals surface area contributed by atoms with Crippen LogP contribution in [-0.2, 0) is 17.8 Å². The van der Waals surface area contributed by atoms with Gasteiger partial charge in [-0.3, -0.25) is 20.7 Å². The zero-order valence-electron chi connectivity index (χ0n) is 25.9. The van der Waals surface area contributed by atoms with Crippen LogP contribution in [0, 0.1) is 6.92 Å². The fourth-order valence-corrected chi connectivity index (χ4v) is 6.71. The highest BCUT2D eigenvalue weighted by Crippen LogP contribution is 2.30. The predicted molar refractivity (Wildman–Crippen MR) is 175 cm³/mol. The largest absolute Gasteiger partial charge is 0.358 e. The molecule has 2 aromatic carbocycles. The summed E-state index contributed by atoms with van der Waals surface area (Å²) in [5.74, 6) is 16.4. The Hall–Kier alpha value is -4.77. The second kappa shape index (κ2) is 13.5. The summed E-state index contributed by atoms with van der Waals surface area (Å²) in [6, 6.07) is 15.5. The minimum Gasteiger partial charge on any atom is -0.358 e. The zero-order valence-corrected chi connectivity index (χ0v) is 26.7. The number of nitrogens with one attached hydrogen (secondary N) is 4. The molecule has 2 amide bonds. The lowest BCUT2D eigenvalue weighted by atomic mass is 9.88. The lowest BCUT2D eigenvalue weighted by Gasteiger charge is -2.39. The third kappa shape index (κ3) is 6.71. The second-order valence-electron chi connectivity index (χ2n) is 12.1. The molecule has 2 fully saturated rings. The Bertz CT molecular complexity index is 1710. The van der Waals surface area contributed by atoms with Crippen LogP contribution < -0.4 is 38.8 Å². The monoisotopic (exact) mass is 662 g/mol. The first kappa shape index (κ1) is 32.2. The number of aryl methyl sites for hydroxylation is 3. The van der Waals surface area contributed by atoms with Crippen molar-refractivity contribution in [3.8, 4) is 0 Å². The normalized spacial score (nSPS) is 23.1. The molecule has 6 rings (SSSR count). The van der Waals surface area contributed by atoms with Crippen molar-refractivity contribution < 1.29 is 9.59 Å². The molecule has 0 bridgehead atoms. The van der Waals surface area contributed by atoms with Crippen molar-refractivity contribution in [2.75, 3.05) is 19.6 Å². The van der Waals surface area contributed by atoms with Crippen LogP contribution in [0.1, 0.15) is 34.3 Å². The lowest BCUT2D eigenvalue weighted by molar-refractivity contribution is -0.125. The van der Waals surface area contributed by atoms with Gasteiger partial charge in [0.1, 0.15) is 17.5 Å². The van der Waals surface area contributed by atoms with Gasteiger partial charge >= 0.3 is 0 Å². The molecule has 3 aliphatic rings. The van der Waals surface area contributed by atoms with Crippen LogP contribution >= 0.6 is 11.6 Å².